The molecule has 1 aliphatic heterocycles. The Hall–Kier alpha value is -1.36. The van der Waals surface area contributed by atoms with Gasteiger partial charge in [-0.3, -0.25) is 4.79 Å². The highest BCUT2D eigenvalue weighted by Crippen LogP contribution is 2.17. The lowest BCUT2D eigenvalue weighted by molar-refractivity contribution is -0.116. The number of carbonyl (C=O) groups excluding carboxylic acids is 2. The number of nitrogens with zero attached hydrogens (tertiary/aromatic N) is 1. The molecular weight excluding hydrogens is 286 g/mol. The second-order valence-corrected chi connectivity index (χ2v) is 4.71. The van der Waals surface area contributed by atoms with Crippen LogP contribution in [0.5, 0.6) is 0 Å². The van der Waals surface area contributed by atoms with Gasteiger partial charge in [0.1, 0.15) is 6.61 Å². The third-order valence-corrected chi connectivity index (χ3v) is 3.37. The summed E-state index contributed by atoms with van der Waals surface area (Å²) in [6, 6.07) is 7.55. The highest BCUT2D eigenvalue weighted by atomic mass is 79.9. The summed E-state index contributed by atoms with van der Waals surface area (Å²) in [7, 11) is 0. The van der Waals surface area contributed by atoms with Crippen LogP contribution in [0.4, 0.5) is 4.79 Å². The average Bonchev–Trinajstić information content (AvgIpc) is 2.74. The number of rotatable bonds is 2. The van der Waals surface area contributed by atoms with Crippen LogP contribution < -0.4 is 0 Å². The van der Waals surface area contributed by atoms with E-state index >= 15 is 0 Å². The van der Waals surface area contributed by atoms with Gasteiger partial charge >= 0.3 is 6.09 Å². The summed E-state index contributed by atoms with van der Waals surface area (Å²) in [5.41, 5.74) is 0.909. The van der Waals surface area contributed by atoms with Gasteiger partial charge in [0.05, 0.1) is 6.54 Å². The molecule has 1 aromatic carbocycles. The van der Waals surface area contributed by atoms with Crippen molar-refractivity contribution in [1.82, 2.24) is 4.90 Å². The van der Waals surface area contributed by atoms with Crippen molar-refractivity contribution >= 4 is 27.8 Å². The summed E-state index contributed by atoms with van der Waals surface area (Å²) in [5, 5.41) is 0. The first-order valence-electron chi connectivity index (χ1n) is 5.33. The monoisotopic (exact) mass is 297 g/mol. The van der Waals surface area contributed by atoms with Gasteiger partial charge in [0.15, 0.2) is 5.78 Å². The van der Waals surface area contributed by atoms with E-state index in [4.69, 9.17) is 4.74 Å². The Labute approximate surface area is 108 Å². The number of hydrogen-bond donors (Lipinski definition) is 0. The fourth-order valence-electron chi connectivity index (χ4n) is 1.63. The maximum Gasteiger partial charge on any atom is 0.410 e. The van der Waals surface area contributed by atoms with E-state index < -0.39 is 6.09 Å². The topological polar surface area (TPSA) is 46.6 Å². The van der Waals surface area contributed by atoms with Crippen LogP contribution in [-0.2, 0) is 16.1 Å². The first-order chi connectivity index (χ1) is 8.16. The predicted octanol–water partition coefficient (Wildman–Crippen LogP) is 2.36. The highest BCUT2D eigenvalue weighted by molar-refractivity contribution is 9.10. The molecule has 1 aliphatic rings. The fraction of sp³-hybridized carbons (Fsp3) is 0.333. The van der Waals surface area contributed by atoms with Crippen LogP contribution in [0, 0.1) is 0 Å². The fourth-order valence-corrected chi connectivity index (χ4v) is 2.03. The van der Waals surface area contributed by atoms with E-state index in [9.17, 15) is 9.59 Å². The highest BCUT2D eigenvalue weighted by Gasteiger charge is 2.24. The van der Waals surface area contributed by atoms with Crippen molar-refractivity contribution in [3.63, 3.8) is 0 Å². The Morgan fingerprint density at radius 2 is 2.18 bits per heavy atom. The van der Waals surface area contributed by atoms with Crippen molar-refractivity contribution in [3.8, 4) is 0 Å². The van der Waals surface area contributed by atoms with Gasteiger partial charge < -0.3 is 9.64 Å². The third-order valence-electron chi connectivity index (χ3n) is 2.59. The summed E-state index contributed by atoms with van der Waals surface area (Å²) in [4.78, 5) is 24.1. The van der Waals surface area contributed by atoms with Crippen LogP contribution in [0.15, 0.2) is 28.7 Å². The van der Waals surface area contributed by atoms with Crippen molar-refractivity contribution in [2.75, 3.05) is 13.1 Å². The molecule has 1 amide bonds. The maximum absolute atomic E-state index is 11.6. The number of ketones is 1. The molecule has 0 saturated carbocycles. The summed E-state index contributed by atoms with van der Waals surface area (Å²) >= 11 is 3.38. The molecule has 5 heteroatoms. The number of amides is 1. The number of carbonyl (C=O) groups is 2. The predicted molar refractivity (Wildman–Crippen MR) is 65.5 cm³/mol. The molecule has 1 heterocycles. The number of likely N-dealkylation sites (tertiary alicyclic amines) is 1. The number of Topliss-reactive ketones (excluding diaryl/α,β-unsaturated/α-hetero) is 1. The minimum atomic E-state index is -0.424. The summed E-state index contributed by atoms with van der Waals surface area (Å²) in [6.07, 6.45) is 0.0102. The van der Waals surface area contributed by atoms with Gasteiger partial charge in [0, 0.05) is 23.0 Å². The van der Waals surface area contributed by atoms with Crippen molar-refractivity contribution in [1.29, 1.82) is 0 Å². The molecule has 0 unspecified atom stereocenters. The lowest BCUT2D eigenvalue weighted by Crippen LogP contribution is -2.29. The van der Waals surface area contributed by atoms with E-state index in [1.165, 1.54) is 4.90 Å². The van der Waals surface area contributed by atoms with Crippen molar-refractivity contribution in [2.45, 2.75) is 13.0 Å². The summed E-state index contributed by atoms with van der Waals surface area (Å²) in [5.74, 6) is 0.0860. The quantitative estimate of drug-likeness (QED) is 0.842. The Bertz CT molecular complexity index is 447. The van der Waals surface area contributed by atoms with Gasteiger partial charge in [-0.2, -0.15) is 0 Å². The summed E-state index contributed by atoms with van der Waals surface area (Å²) in [6.45, 7) is 0.855. The van der Waals surface area contributed by atoms with E-state index in [0.29, 0.717) is 13.0 Å². The van der Waals surface area contributed by atoms with Crippen LogP contribution in [-0.4, -0.2) is 29.9 Å². The van der Waals surface area contributed by atoms with Crippen molar-refractivity contribution < 1.29 is 14.3 Å². The number of ether oxygens (including phenoxy) is 1. The normalized spacial score (nSPS) is 15.1. The van der Waals surface area contributed by atoms with Gasteiger partial charge in [0.25, 0.3) is 0 Å². The molecule has 1 saturated heterocycles. The molecule has 1 fully saturated rings. The molecule has 90 valence electrons. The van der Waals surface area contributed by atoms with Gasteiger partial charge in [-0.25, -0.2) is 4.79 Å². The van der Waals surface area contributed by atoms with E-state index in [1.54, 1.807) is 0 Å². The zero-order valence-electron chi connectivity index (χ0n) is 9.19. The molecule has 0 spiro atoms. The SMILES string of the molecule is O=C1CCN(C(=O)OCc2ccccc2Br)C1. The lowest BCUT2D eigenvalue weighted by Gasteiger charge is -2.14. The summed E-state index contributed by atoms with van der Waals surface area (Å²) < 4.78 is 6.05. The molecule has 4 nitrogen and oxygen atoms in total. The largest absolute Gasteiger partial charge is 0.444 e. The Morgan fingerprint density at radius 1 is 1.41 bits per heavy atom. The molecule has 0 aromatic heterocycles. The first kappa shape index (κ1) is 12.1. The first-order valence-corrected chi connectivity index (χ1v) is 6.13. The van der Waals surface area contributed by atoms with E-state index in [1.807, 2.05) is 24.3 Å². The van der Waals surface area contributed by atoms with E-state index in [-0.39, 0.29) is 18.9 Å². The standard InChI is InChI=1S/C12H12BrNO3/c13-11-4-2-1-3-9(11)8-17-12(16)14-6-5-10(15)7-14/h1-4H,5-8H2. The minimum Gasteiger partial charge on any atom is -0.444 e. The second kappa shape index (κ2) is 5.31. The molecular formula is C12H12BrNO3. The Morgan fingerprint density at radius 3 is 2.82 bits per heavy atom. The van der Waals surface area contributed by atoms with Crippen LogP contribution in [0.2, 0.25) is 0 Å². The van der Waals surface area contributed by atoms with Crippen LogP contribution in [0.1, 0.15) is 12.0 Å². The van der Waals surface area contributed by atoms with Gasteiger partial charge in [0.2, 0.25) is 0 Å². The Kier molecular flexibility index (Phi) is 3.78. The van der Waals surface area contributed by atoms with E-state index in [2.05, 4.69) is 15.9 Å². The molecule has 2 rings (SSSR count). The van der Waals surface area contributed by atoms with Gasteiger partial charge in [-0.05, 0) is 6.07 Å². The van der Waals surface area contributed by atoms with Gasteiger partial charge in [-0.1, -0.05) is 34.1 Å². The van der Waals surface area contributed by atoms with E-state index in [0.717, 1.165) is 10.0 Å². The molecule has 0 bridgehead atoms. The minimum absolute atomic E-state index is 0.0860. The molecule has 1 aromatic rings. The molecule has 0 N–H and O–H groups in total. The lowest BCUT2D eigenvalue weighted by atomic mass is 10.2. The second-order valence-electron chi connectivity index (χ2n) is 3.86. The number of halogens is 1. The van der Waals surface area contributed by atoms with Crippen molar-refractivity contribution in [2.24, 2.45) is 0 Å². The molecule has 17 heavy (non-hydrogen) atoms. The smallest absolute Gasteiger partial charge is 0.410 e. The molecule has 0 aliphatic carbocycles. The zero-order chi connectivity index (χ0) is 12.3. The number of benzene rings is 1. The number of hydrogen-bond acceptors (Lipinski definition) is 3. The zero-order valence-corrected chi connectivity index (χ0v) is 10.8. The van der Waals surface area contributed by atoms with Crippen molar-refractivity contribution in [3.05, 3.63) is 34.3 Å². The Balaban J connectivity index is 1.88. The maximum atomic E-state index is 11.6. The van der Waals surface area contributed by atoms with Crippen LogP contribution in [0.3, 0.4) is 0 Å². The molecule has 0 atom stereocenters. The van der Waals surface area contributed by atoms with Gasteiger partial charge in [-0.15, -0.1) is 0 Å². The van der Waals surface area contributed by atoms with Crippen LogP contribution >= 0.6 is 15.9 Å². The third kappa shape index (κ3) is 3.06. The average molecular weight is 298 g/mol. The van der Waals surface area contributed by atoms with Crippen LogP contribution in [0.25, 0.3) is 0 Å². The molecule has 0 radical (unpaired) electrons.